The van der Waals surface area contributed by atoms with Crippen LogP contribution in [0.1, 0.15) is 33.1 Å². The third-order valence-corrected chi connectivity index (χ3v) is 3.21. The van der Waals surface area contributed by atoms with Crippen LogP contribution in [-0.2, 0) is 14.3 Å². The fourth-order valence-electron chi connectivity index (χ4n) is 2.17. The van der Waals surface area contributed by atoms with Crippen LogP contribution in [0, 0.1) is 11.3 Å². The Morgan fingerprint density at radius 1 is 1.47 bits per heavy atom. The maximum atomic E-state index is 11.8. The number of hydrogen-bond donors (Lipinski definition) is 1. The predicted octanol–water partition coefficient (Wildman–Crippen LogP) is 1.10. The molecular weight excluding hydrogens is 194 g/mol. The lowest BCUT2D eigenvalue weighted by Crippen LogP contribution is -2.38. The first-order chi connectivity index (χ1) is 6.97. The van der Waals surface area contributed by atoms with Gasteiger partial charge in [0.15, 0.2) is 0 Å². The highest BCUT2D eigenvalue weighted by atomic mass is 16.5. The molecule has 1 amide bonds. The largest absolute Gasteiger partial charge is 0.468 e. The van der Waals surface area contributed by atoms with Gasteiger partial charge in [-0.1, -0.05) is 20.3 Å². The van der Waals surface area contributed by atoms with Crippen molar-refractivity contribution in [1.29, 1.82) is 0 Å². The Kier molecular flexibility index (Phi) is 3.72. The zero-order valence-electron chi connectivity index (χ0n) is 9.63. The molecule has 0 saturated heterocycles. The van der Waals surface area contributed by atoms with Gasteiger partial charge in [0, 0.05) is 5.92 Å². The molecule has 1 N–H and O–H groups in total. The van der Waals surface area contributed by atoms with Crippen molar-refractivity contribution in [2.75, 3.05) is 13.7 Å². The minimum atomic E-state index is -0.404. The Morgan fingerprint density at radius 2 is 2.13 bits per heavy atom. The lowest BCUT2D eigenvalue weighted by atomic mass is 9.81. The van der Waals surface area contributed by atoms with Gasteiger partial charge >= 0.3 is 5.97 Å². The van der Waals surface area contributed by atoms with E-state index < -0.39 is 5.97 Å². The fraction of sp³-hybridized carbons (Fsp3) is 0.818. The Bertz CT molecular complexity index is 261. The van der Waals surface area contributed by atoms with Crippen molar-refractivity contribution < 1.29 is 14.3 Å². The summed E-state index contributed by atoms with van der Waals surface area (Å²) in [5, 5.41) is 2.62. The van der Waals surface area contributed by atoms with E-state index in [2.05, 4.69) is 23.9 Å². The number of esters is 1. The van der Waals surface area contributed by atoms with Crippen molar-refractivity contribution >= 4 is 11.9 Å². The topological polar surface area (TPSA) is 55.4 Å². The number of amides is 1. The van der Waals surface area contributed by atoms with E-state index in [0.717, 1.165) is 19.3 Å². The second-order valence-electron chi connectivity index (χ2n) is 4.73. The van der Waals surface area contributed by atoms with E-state index in [1.807, 2.05) is 0 Å². The van der Waals surface area contributed by atoms with Gasteiger partial charge in [0.1, 0.15) is 6.54 Å². The van der Waals surface area contributed by atoms with Gasteiger partial charge in [-0.05, 0) is 18.3 Å². The second kappa shape index (κ2) is 4.64. The van der Waals surface area contributed by atoms with Crippen LogP contribution >= 0.6 is 0 Å². The van der Waals surface area contributed by atoms with E-state index in [-0.39, 0.29) is 23.8 Å². The molecule has 1 fully saturated rings. The molecule has 0 spiro atoms. The molecule has 15 heavy (non-hydrogen) atoms. The van der Waals surface area contributed by atoms with Gasteiger partial charge in [-0.3, -0.25) is 9.59 Å². The number of hydrogen-bond acceptors (Lipinski definition) is 3. The van der Waals surface area contributed by atoms with Gasteiger partial charge in [-0.2, -0.15) is 0 Å². The summed E-state index contributed by atoms with van der Waals surface area (Å²) in [5.41, 5.74) is 0.0558. The van der Waals surface area contributed by atoms with E-state index >= 15 is 0 Å². The lowest BCUT2D eigenvalue weighted by Gasteiger charge is -2.25. The Hall–Kier alpha value is -1.06. The van der Waals surface area contributed by atoms with Gasteiger partial charge in [0.2, 0.25) is 5.91 Å². The fourth-order valence-corrected chi connectivity index (χ4v) is 2.17. The molecule has 1 atom stereocenters. The van der Waals surface area contributed by atoms with Crippen molar-refractivity contribution in [3.63, 3.8) is 0 Å². The van der Waals surface area contributed by atoms with Gasteiger partial charge in [-0.25, -0.2) is 0 Å². The van der Waals surface area contributed by atoms with E-state index in [9.17, 15) is 9.59 Å². The normalized spacial score (nSPS) is 23.5. The average molecular weight is 213 g/mol. The Balaban J connectivity index is 2.44. The summed E-state index contributed by atoms with van der Waals surface area (Å²) in [7, 11) is 1.31. The number of carbonyl (C=O) groups is 2. The molecule has 0 heterocycles. The lowest BCUT2D eigenvalue weighted by molar-refractivity contribution is -0.142. The number of carbonyl (C=O) groups excluding carboxylic acids is 2. The molecule has 1 aliphatic rings. The molecule has 86 valence electrons. The number of nitrogens with one attached hydrogen (secondary N) is 1. The molecule has 0 bridgehead atoms. The van der Waals surface area contributed by atoms with Crippen molar-refractivity contribution in [3.05, 3.63) is 0 Å². The quantitative estimate of drug-likeness (QED) is 0.714. The van der Waals surface area contributed by atoms with E-state index in [1.54, 1.807) is 0 Å². The van der Waals surface area contributed by atoms with Crippen LogP contribution in [0.15, 0.2) is 0 Å². The molecule has 0 radical (unpaired) electrons. The molecule has 0 aromatic heterocycles. The molecule has 1 saturated carbocycles. The third-order valence-electron chi connectivity index (χ3n) is 3.21. The zero-order chi connectivity index (χ0) is 11.5. The maximum absolute atomic E-state index is 11.8. The first kappa shape index (κ1) is 12.0. The smallest absolute Gasteiger partial charge is 0.325 e. The van der Waals surface area contributed by atoms with Gasteiger partial charge in [-0.15, -0.1) is 0 Å². The highest BCUT2D eigenvalue weighted by Gasteiger charge is 2.39. The summed E-state index contributed by atoms with van der Waals surface area (Å²) in [6.45, 7) is 4.17. The Labute approximate surface area is 90.4 Å². The second-order valence-corrected chi connectivity index (χ2v) is 4.73. The highest BCUT2D eigenvalue weighted by Crippen LogP contribution is 2.42. The van der Waals surface area contributed by atoms with Crippen molar-refractivity contribution in [2.45, 2.75) is 33.1 Å². The molecule has 1 rings (SSSR count). The SMILES string of the molecule is COC(=O)CNC(=O)C1CCCC1(C)C. The zero-order valence-corrected chi connectivity index (χ0v) is 9.63. The minimum Gasteiger partial charge on any atom is -0.468 e. The van der Waals surface area contributed by atoms with Crippen LogP contribution in [0.3, 0.4) is 0 Å². The van der Waals surface area contributed by atoms with Crippen molar-refractivity contribution in [3.8, 4) is 0 Å². The van der Waals surface area contributed by atoms with Crippen LogP contribution in [0.4, 0.5) is 0 Å². The molecule has 0 aliphatic heterocycles. The highest BCUT2D eigenvalue weighted by molar-refractivity contribution is 5.84. The van der Waals surface area contributed by atoms with Crippen LogP contribution in [0.5, 0.6) is 0 Å². The van der Waals surface area contributed by atoms with Crippen LogP contribution in [-0.4, -0.2) is 25.5 Å². The molecule has 1 aliphatic carbocycles. The minimum absolute atomic E-state index is 0.0251. The molecule has 0 aromatic rings. The van der Waals surface area contributed by atoms with E-state index in [1.165, 1.54) is 7.11 Å². The predicted molar refractivity (Wildman–Crippen MR) is 56.1 cm³/mol. The summed E-state index contributed by atoms with van der Waals surface area (Å²) in [6.07, 6.45) is 3.08. The standard InChI is InChI=1S/C11H19NO3/c1-11(2)6-4-5-8(11)10(14)12-7-9(13)15-3/h8H,4-7H2,1-3H3,(H,12,14). The van der Waals surface area contributed by atoms with Crippen molar-refractivity contribution in [1.82, 2.24) is 5.32 Å². The summed E-state index contributed by atoms with van der Waals surface area (Å²) < 4.78 is 4.46. The summed E-state index contributed by atoms with van der Waals surface area (Å²) >= 11 is 0. The molecule has 4 heteroatoms. The van der Waals surface area contributed by atoms with E-state index in [4.69, 9.17) is 0 Å². The first-order valence-corrected chi connectivity index (χ1v) is 5.32. The van der Waals surface area contributed by atoms with Crippen molar-refractivity contribution in [2.24, 2.45) is 11.3 Å². The van der Waals surface area contributed by atoms with Crippen LogP contribution in [0.25, 0.3) is 0 Å². The molecule has 0 aromatic carbocycles. The number of methoxy groups -OCH3 is 1. The third kappa shape index (κ3) is 2.94. The number of ether oxygens (including phenoxy) is 1. The molecular formula is C11H19NO3. The monoisotopic (exact) mass is 213 g/mol. The summed E-state index contributed by atoms with van der Waals surface area (Å²) in [5.74, 6) is -0.399. The number of rotatable bonds is 3. The summed E-state index contributed by atoms with van der Waals surface area (Å²) in [6, 6.07) is 0. The van der Waals surface area contributed by atoms with Gasteiger partial charge in [0.05, 0.1) is 7.11 Å². The molecule has 1 unspecified atom stereocenters. The Morgan fingerprint density at radius 3 is 2.60 bits per heavy atom. The van der Waals surface area contributed by atoms with Gasteiger partial charge in [0.25, 0.3) is 0 Å². The average Bonchev–Trinajstić information content (AvgIpc) is 2.53. The van der Waals surface area contributed by atoms with E-state index in [0.29, 0.717) is 0 Å². The first-order valence-electron chi connectivity index (χ1n) is 5.32. The maximum Gasteiger partial charge on any atom is 0.325 e. The van der Waals surface area contributed by atoms with Crippen LogP contribution in [0.2, 0.25) is 0 Å². The molecule has 4 nitrogen and oxygen atoms in total. The van der Waals surface area contributed by atoms with Gasteiger partial charge < -0.3 is 10.1 Å². The van der Waals surface area contributed by atoms with Crippen LogP contribution < -0.4 is 5.32 Å². The summed E-state index contributed by atoms with van der Waals surface area (Å²) in [4.78, 5) is 22.6.